The van der Waals surface area contributed by atoms with E-state index in [-0.39, 0.29) is 5.75 Å². The van der Waals surface area contributed by atoms with Crippen molar-refractivity contribution in [3.05, 3.63) is 59.9 Å². The van der Waals surface area contributed by atoms with Crippen LogP contribution in [0.5, 0.6) is 5.75 Å². The number of nitrogens with zero attached hydrogens (tertiary/aromatic N) is 2. The molecular formula is C16H14N2O2S. The average molecular weight is 298 g/mol. The Morgan fingerprint density at radius 2 is 2.00 bits per heavy atom. The number of thioether (sulfide) groups is 1. The Labute approximate surface area is 126 Å². The van der Waals surface area contributed by atoms with Gasteiger partial charge in [0.1, 0.15) is 5.75 Å². The van der Waals surface area contributed by atoms with Crippen molar-refractivity contribution in [3.8, 4) is 17.2 Å². The molecule has 3 rings (SSSR count). The Morgan fingerprint density at radius 3 is 2.81 bits per heavy atom. The van der Waals surface area contributed by atoms with Gasteiger partial charge in [-0.3, -0.25) is 0 Å². The van der Waals surface area contributed by atoms with Crippen LogP contribution in [0.4, 0.5) is 0 Å². The lowest BCUT2D eigenvalue weighted by molar-refractivity contribution is 0.424. The van der Waals surface area contributed by atoms with E-state index in [1.165, 1.54) is 10.5 Å². The minimum Gasteiger partial charge on any atom is -0.508 e. The van der Waals surface area contributed by atoms with Crippen LogP contribution in [0.25, 0.3) is 11.5 Å². The van der Waals surface area contributed by atoms with Gasteiger partial charge in [0, 0.05) is 10.5 Å². The van der Waals surface area contributed by atoms with Gasteiger partial charge in [-0.2, -0.15) is 4.98 Å². The molecule has 0 aliphatic carbocycles. The van der Waals surface area contributed by atoms with Gasteiger partial charge in [-0.15, -0.1) is 11.8 Å². The van der Waals surface area contributed by atoms with Crippen LogP contribution in [0.1, 0.15) is 11.4 Å². The van der Waals surface area contributed by atoms with Crippen LogP contribution in [-0.4, -0.2) is 15.2 Å². The van der Waals surface area contributed by atoms with Gasteiger partial charge >= 0.3 is 0 Å². The van der Waals surface area contributed by atoms with Crippen LogP contribution in [0.2, 0.25) is 0 Å². The fourth-order valence-corrected chi connectivity index (χ4v) is 2.80. The largest absolute Gasteiger partial charge is 0.508 e. The van der Waals surface area contributed by atoms with Gasteiger partial charge in [-0.1, -0.05) is 29.4 Å². The van der Waals surface area contributed by atoms with Crippen molar-refractivity contribution in [2.24, 2.45) is 0 Å². The summed E-state index contributed by atoms with van der Waals surface area (Å²) >= 11 is 1.68. The highest BCUT2D eigenvalue weighted by Crippen LogP contribution is 2.26. The quantitative estimate of drug-likeness (QED) is 0.736. The van der Waals surface area contributed by atoms with E-state index in [9.17, 15) is 5.11 Å². The Kier molecular flexibility index (Phi) is 3.92. The number of aromatic hydroxyl groups is 1. The van der Waals surface area contributed by atoms with Crippen molar-refractivity contribution in [2.75, 3.05) is 0 Å². The summed E-state index contributed by atoms with van der Waals surface area (Å²) in [6, 6.07) is 15.0. The molecule has 1 heterocycles. The maximum atomic E-state index is 9.47. The summed E-state index contributed by atoms with van der Waals surface area (Å²) in [7, 11) is 0. The maximum absolute atomic E-state index is 9.47. The predicted molar refractivity (Wildman–Crippen MR) is 82.1 cm³/mol. The second kappa shape index (κ2) is 6.01. The predicted octanol–water partition coefficient (Wildman–Crippen LogP) is 4.04. The van der Waals surface area contributed by atoms with Crippen molar-refractivity contribution in [1.29, 1.82) is 0 Å². The zero-order chi connectivity index (χ0) is 14.7. The van der Waals surface area contributed by atoms with E-state index in [2.05, 4.69) is 29.2 Å². The number of phenolic OH excluding ortho intramolecular Hbond substituents is 1. The lowest BCUT2D eigenvalue weighted by Crippen LogP contribution is -1.85. The van der Waals surface area contributed by atoms with Crippen molar-refractivity contribution in [2.45, 2.75) is 17.6 Å². The zero-order valence-electron chi connectivity index (χ0n) is 11.5. The molecule has 2 aromatic carbocycles. The highest BCUT2D eigenvalue weighted by atomic mass is 32.2. The molecule has 0 saturated carbocycles. The minimum absolute atomic E-state index is 0.182. The summed E-state index contributed by atoms with van der Waals surface area (Å²) < 4.78 is 5.24. The van der Waals surface area contributed by atoms with E-state index in [1.807, 2.05) is 18.2 Å². The van der Waals surface area contributed by atoms with Crippen LogP contribution < -0.4 is 0 Å². The molecule has 0 spiro atoms. The third kappa shape index (κ3) is 3.25. The number of rotatable bonds is 4. The van der Waals surface area contributed by atoms with Crippen LogP contribution in [0.3, 0.4) is 0 Å². The van der Waals surface area contributed by atoms with Gasteiger partial charge in [-0.25, -0.2) is 0 Å². The molecule has 0 fully saturated rings. The molecule has 0 aliphatic heterocycles. The van der Waals surface area contributed by atoms with E-state index in [1.54, 1.807) is 30.0 Å². The first-order valence-electron chi connectivity index (χ1n) is 6.53. The maximum Gasteiger partial charge on any atom is 0.258 e. The average Bonchev–Trinajstić information content (AvgIpc) is 2.95. The molecule has 0 saturated heterocycles. The third-order valence-electron chi connectivity index (χ3n) is 3.01. The summed E-state index contributed by atoms with van der Waals surface area (Å²) in [5.41, 5.74) is 1.95. The van der Waals surface area contributed by atoms with Crippen molar-refractivity contribution in [1.82, 2.24) is 10.1 Å². The minimum atomic E-state index is 0.182. The molecule has 1 N–H and O–H groups in total. The molecule has 0 aliphatic rings. The number of benzene rings is 2. The van der Waals surface area contributed by atoms with Crippen molar-refractivity contribution in [3.63, 3.8) is 0 Å². The van der Waals surface area contributed by atoms with E-state index in [0.717, 1.165) is 5.56 Å². The molecule has 3 aromatic rings. The van der Waals surface area contributed by atoms with Crippen LogP contribution >= 0.6 is 11.8 Å². The number of phenols is 1. The highest BCUT2D eigenvalue weighted by molar-refractivity contribution is 7.98. The normalized spacial score (nSPS) is 10.7. The van der Waals surface area contributed by atoms with Crippen molar-refractivity contribution < 1.29 is 9.63 Å². The zero-order valence-corrected chi connectivity index (χ0v) is 12.3. The third-order valence-corrected chi connectivity index (χ3v) is 4.18. The molecule has 0 amide bonds. The second-order valence-electron chi connectivity index (χ2n) is 4.62. The van der Waals surface area contributed by atoms with Gasteiger partial charge in [0.15, 0.2) is 5.82 Å². The Hall–Kier alpha value is -2.27. The Bertz CT molecular complexity index is 755. The summed E-state index contributed by atoms with van der Waals surface area (Å²) in [4.78, 5) is 5.57. The Balaban J connectivity index is 1.72. The van der Waals surface area contributed by atoms with Gasteiger partial charge in [0.25, 0.3) is 5.89 Å². The Morgan fingerprint density at radius 1 is 1.14 bits per heavy atom. The molecule has 0 bridgehead atoms. The van der Waals surface area contributed by atoms with Gasteiger partial charge in [0.05, 0.1) is 5.75 Å². The molecule has 0 radical (unpaired) electrons. The molecule has 4 nitrogen and oxygen atoms in total. The van der Waals surface area contributed by atoms with E-state index < -0.39 is 0 Å². The van der Waals surface area contributed by atoms with E-state index in [4.69, 9.17) is 4.52 Å². The smallest absolute Gasteiger partial charge is 0.258 e. The molecule has 1 aromatic heterocycles. The lowest BCUT2D eigenvalue weighted by atomic mass is 10.2. The van der Waals surface area contributed by atoms with Crippen LogP contribution in [0, 0.1) is 6.92 Å². The van der Waals surface area contributed by atoms with E-state index in [0.29, 0.717) is 17.5 Å². The molecule has 5 heteroatoms. The first-order valence-corrected chi connectivity index (χ1v) is 7.51. The monoisotopic (exact) mass is 298 g/mol. The molecular weight excluding hydrogens is 284 g/mol. The number of hydrogen-bond donors (Lipinski definition) is 1. The number of aromatic nitrogens is 2. The first-order chi connectivity index (χ1) is 10.2. The van der Waals surface area contributed by atoms with Gasteiger partial charge < -0.3 is 9.63 Å². The molecule has 0 atom stereocenters. The topological polar surface area (TPSA) is 59.2 Å². The fraction of sp³-hybridized carbons (Fsp3) is 0.125. The highest BCUT2D eigenvalue weighted by Gasteiger charge is 2.10. The molecule has 0 unspecified atom stereocenters. The van der Waals surface area contributed by atoms with Gasteiger partial charge in [-0.05, 0) is 36.8 Å². The standard InChI is InChI=1S/C16H14N2O2S/c1-11-5-2-3-8-14(11)21-10-15-17-16(20-18-15)12-6-4-7-13(19)9-12/h2-9,19H,10H2,1H3. The molecule has 21 heavy (non-hydrogen) atoms. The molecule has 106 valence electrons. The lowest BCUT2D eigenvalue weighted by Gasteiger charge is -2.01. The van der Waals surface area contributed by atoms with E-state index >= 15 is 0 Å². The van der Waals surface area contributed by atoms with Crippen LogP contribution in [0.15, 0.2) is 57.9 Å². The second-order valence-corrected chi connectivity index (χ2v) is 5.64. The number of hydrogen-bond acceptors (Lipinski definition) is 5. The summed E-state index contributed by atoms with van der Waals surface area (Å²) in [5, 5.41) is 13.4. The number of aryl methyl sites for hydroxylation is 1. The summed E-state index contributed by atoms with van der Waals surface area (Å²) in [6.07, 6.45) is 0. The summed E-state index contributed by atoms with van der Waals surface area (Å²) in [6.45, 7) is 2.08. The first kappa shape index (κ1) is 13.7. The fourth-order valence-electron chi connectivity index (χ4n) is 1.93. The van der Waals surface area contributed by atoms with Crippen LogP contribution in [-0.2, 0) is 5.75 Å². The van der Waals surface area contributed by atoms with Crippen molar-refractivity contribution >= 4 is 11.8 Å². The van der Waals surface area contributed by atoms with Gasteiger partial charge in [0.2, 0.25) is 0 Å². The summed E-state index contributed by atoms with van der Waals surface area (Å²) in [5.74, 6) is 1.89. The SMILES string of the molecule is Cc1ccccc1SCc1noc(-c2cccc(O)c2)n1.